The van der Waals surface area contributed by atoms with E-state index >= 15 is 0 Å². The fourth-order valence-corrected chi connectivity index (χ4v) is 22.7. The predicted molar refractivity (Wildman–Crippen MR) is 298 cm³/mol. The van der Waals surface area contributed by atoms with Crippen LogP contribution >= 0.6 is 0 Å². The maximum absolute atomic E-state index is 13.1. The summed E-state index contributed by atoms with van der Waals surface area (Å²) in [5.74, 6) is -1.00. The van der Waals surface area contributed by atoms with E-state index in [0.717, 1.165) is 97.6 Å². The third-order valence-electron chi connectivity index (χ3n) is 19.9. The maximum atomic E-state index is 13.1. The molecule has 0 saturated carbocycles. The van der Waals surface area contributed by atoms with E-state index in [1.165, 1.54) is 7.11 Å². The largest absolute Gasteiger partial charge is 0.469 e. The summed E-state index contributed by atoms with van der Waals surface area (Å²) in [4.78, 5) is 13.1. The Bertz CT molecular complexity index is 1820. The molecule has 0 aliphatic carbocycles. The molecule has 8 fully saturated rings. The number of hydrogen-bond acceptors (Lipinski definition) is 13. The summed E-state index contributed by atoms with van der Waals surface area (Å²) in [5.41, 5.74) is 2.21. The summed E-state index contributed by atoms with van der Waals surface area (Å²) in [6.45, 7) is 36.5. The second-order valence-electron chi connectivity index (χ2n) is 23.5. The third kappa shape index (κ3) is 13.1. The van der Waals surface area contributed by atoms with Crippen molar-refractivity contribution < 1.29 is 60.7 Å². The number of esters is 1. The SMILES string of the molecule is C=CC[C@@H]1O[C@@H]2[C@H]3O[C@@H]4CC(CC[C@H]5CC(=C)[C@H](CC[C@H]6C[C@@H](C)C(=C)[C@@H](C[C@@H]7O[C@H](CC(CO[Si](CC)(CC)CC)O[Si](CC)(CC)CC)[C@H](OC)[C@H]7CC(=O)OC)O6)O5)(O[C@H]3[C@H]1O[Si](CC)(CC)CC)O[C@H]24. The molecule has 18 atom stereocenters. The van der Waals surface area contributed by atoms with Gasteiger partial charge in [-0.3, -0.25) is 4.79 Å². The molecule has 2 unspecified atom stereocenters. The first-order chi connectivity index (χ1) is 35.5. The first-order valence-electron chi connectivity index (χ1n) is 29.7. The van der Waals surface area contributed by atoms with E-state index in [1.807, 2.05) is 6.08 Å². The lowest BCUT2D eigenvalue weighted by Crippen LogP contribution is -2.62. The summed E-state index contributed by atoms with van der Waals surface area (Å²) >= 11 is 0. The van der Waals surface area contributed by atoms with Crippen LogP contribution in [0.5, 0.6) is 0 Å². The summed E-state index contributed by atoms with van der Waals surface area (Å²) < 4.78 is 81.7. The van der Waals surface area contributed by atoms with Crippen LogP contribution in [-0.2, 0) is 60.7 Å². The molecule has 74 heavy (non-hydrogen) atoms. The zero-order valence-corrected chi connectivity index (χ0v) is 51.2. The molecule has 424 valence electrons. The monoisotopic (exact) mass is 1090 g/mol. The van der Waals surface area contributed by atoms with Crippen LogP contribution in [0.15, 0.2) is 37.0 Å². The van der Waals surface area contributed by atoms with Crippen molar-refractivity contribution in [1.29, 1.82) is 0 Å². The topological polar surface area (TPSA) is 128 Å². The molecule has 8 heterocycles. The molecule has 0 radical (unpaired) electrons. The predicted octanol–water partition coefficient (Wildman–Crippen LogP) is 12.1. The van der Waals surface area contributed by atoms with Gasteiger partial charge in [0.25, 0.3) is 0 Å². The van der Waals surface area contributed by atoms with Crippen LogP contribution in [0.1, 0.15) is 140 Å². The average Bonchev–Trinajstić information content (AvgIpc) is 4.10. The second-order valence-corrected chi connectivity index (χ2v) is 37.7. The van der Waals surface area contributed by atoms with E-state index in [1.54, 1.807) is 7.11 Å². The Kier molecular flexibility index (Phi) is 21.6. The lowest BCUT2D eigenvalue weighted by molar-refractivity contribution is -0.271. The Balaban J connectivity index is 0.980. The number of hydrogen-bond donors (Lipinski definition) is 0. The van der Waals surface area contributed by atoms with Crippen LogP contribution in [0.3, 0.4) is 0 Å². The van der Waals surface area contributed by atoms with Crippen LogP contribution in [0.4, 0.5) is 0 Å². The smallest absolute Gasteiger partial charge is 0.305 e. The van der Waals surface area contributed by atoms with Crippen molar-refractivity contribution in [3.63, 3.8) is 0 Å². The molecule has 8 aliphatic rings. The number of carbonyl (C=O) groups is 1. The number of methoxy groups -OCH3 is 2. The Labute approximate surface area is 450 Å². The Hall–Kier alpha value is -1.10. The molecule has 0 amide bonds. The summed E-state index contributed by atoms with van der Waals surface area (Å²) in [6.07, 6.45) is 7.09. The second kappa shape index (κ2) is 26.4. The van der Waals surface area contributed by atoms with E-state index < -0.39 is 30.7 Å². The van der Waals surface area contributed by atoms with Crippen LogP contribution < -0.4 is 0 Å². The van der Waals surface area contributed by atoms with Crippen molar-refractivity contribution in [2.75, 3.05) is 20.8 Å². The lowest BCUT2D eigenvalue weighted by Gasteiger charge is -2.47. The van der Waals surface area contributed by atoms with Gasteiger partial charge in [-0.1, -0.05) is 88.5 Å². The number of carbonyl (C=O) groups excluding carboxylic acids is 1. The highest BCUT2D eigenvalue weighted by Crippen LogP contribution is 2.54. The lowest BCUT2D eigenvalue weighted by atomic mass is 9.82. The van der Waals surface area contributed by atoms with E-state index in [-0.39, 0.29) is 116 Å². The van der Waals surface area contributed by atoms with Crippen LogP contribution in [-0.4, -0.2) is 149 Å². The van der Waals surface area contributed by atoms with Crippen molar-refractivity contribution in [3.05, 3.63) is 37.0 Å². The zero-order valence-electron chi connectivity index (χ0n) is 48.2. The van der Waals surface area contributed by atoms with Crippen molar-refractivity contribution >= 4 is 30.9 Å². The minimum absolute atomic E-state index is 0.0147. The Morgan fingerprint density at radius 1 is 0.716 bits per heavy atom. The van der Waals surface area contributed by atoms with Gasteiger partial charge in [-0.2, -0.15) is 0 Å². The molecule has 0 N–H and O–H groups in total. The highest BCUT2D eigenvalue weighted by molar-refractivity contribution is 6.74. The van der Waals surface area contributed by atoms with Crippen molar-refractivity contribution in [2.45, 2.75) is 292 Å². The van der Waals surface area contributed by atoms with Gasteiger partial charge in [0.05, 0.1) is 81.2 Å². The standard InChI is InChI=1S/C58H102O13Si3/c1-16-26-46-54(71-74(23-8,24-9)25-10)57-56-55(66-46)53-50(67-56)36-58(68-53,69-57)30-29-42-32-39(12)45(63-42)28-27-41-31-38(11)40(13)47(64-41)35-48-44(34-51(59)60-14)52(61-15)49(65-48)33-43(70-73(20-5,21-6)22-7)37-62-72(17-2,18-3)19-4/h16,38,41-50,52-57H,1,12-13,17-37H2,2-11,14-15H3/t38-,41+,42+,43?,44+,45+,46+,47-,48+,49-,50-,52-,53+,54+,55+,56-,57+,58?/m1/s1. The highest BCUT2D eigenvalue weighted by atomic mass is 28.4. The van der Waals surface area contributed by atoms with Crippen LogP contribution in [0.2, 0.25) is 54.4 Å². The van der Waals surface area contributed by atoms with Crippen LogP contribution in [0.25, 0.3) is 0 Å². The van der Waals surface area contributed by atoms with Crippen LogP contribution in [0, 0.1) is 11.8 Å². The van der Waals surface area contributed by atoms with Gasteiger partial charge in [-0.05, 0) is 110 Å². The van der Waals surface area contributed by atoms with Crippen molar-refractivity contribution in [2.24, 2.45) is 11.8 Å². The quantitative estimate of drug-likeness (QED) is 0.0371. The minimum atomic E-state index is -2.01. The fourth-order valence-electron chi connectivity index (χ4n) is 14.3. The van der Waals surface area contributed by atoms with Gasteiger partial charge in [0, 0.05) is 38.7 Å². The molecule has 0 aromatic heterocycles. The van der Waals surface area contributed by atoms with Gasteiger partial charge in [0.2, 0.25) is 0 Å². The van der Waals surface area contributed by atoms with Gasteiger partial charge < -0.3 is 55.9 Å². The molecular formula is C58H102O13Si3. The van der Waals surface area contributed by atoms with E-state index in [4.69, 9.17) is 55.9 Å². The molecule has 0 aromatic carbocycles. The highest BCUT2D eigenvalue weighted by Gasteiger charge is 2.68. The molecule has 8 aliphatic heterocycles. The molecular weight excluding hydrogens is 989 g/mol. The van der Waals surface area contributed by atoms with Crippen molar-refractivity contribution in [3.8, 4) is 0 Å². The zero-order chi connectivity index (χ0) is 53.6. The summed E-state index contributed by atoms with van der Waals surface area (Å²) in [6, 6.07) is 9.55. The fraction of sp³-hybridized carbons (Fsp3) is 0.879. The van der Waals surface area contributed by atoms with E-state index in [9.17, 15) is 4.79 Å². The average molecular weight is 1090 g/mol. The van der Waals surface area contributed by atoms with E-state index in [0.29, 0.717) is 38.7 Å². The summed E-state index contributed by atoms with van der Waals surface area (Å²) in [5, 5.41) is 0. The van der Waals surface area contributed by atoms with Gasteiger partial charge in [-0.25, -0.2) is 0 Å². The Morgan fingerprint density at radius 2 is 1.35 bits per heavy atom. The molecule has 0 aromatic rings. The molecule has 16 heteroatoms. The molecule has 8 saturated heterocycles. The molecule has 6 bridgehead atoms. The maximum Gasteiger partial charge on any atom is 0.305 e. The number of ether oxygens (including phenoxy) is 9. The first kappa shape index (κ1) is 60.5. The van der Waals surface area contributed by atoms with Crippen molar-refractivity contribution in [1.82, 2.24) is 0 Å². The Morgan fingerprint density at radius 3 is 1.97 bits per heavy atom. The third-order valence-corrected chi connectivity index (χ3v) is 33.8. The molecule has 0 spiro atoms. The molecule has 8 rings (SSSR count). The van der Waals surface area contributed by atoms with Gasteiger partial charge in [0.1, 0.15) is 30.5 Å². The minimum Gasteiger partial charge on any atom is -0.469 e. The number of rotatable bonds is 31. The first-order valence-corrected chi connectivity index (χ1v) is 37.3. The van der Waals surface area contributed by atoms with E-state index in [2.05, 4.69) is 89.0 Å². The summed E-state index contributed by atoms with van der Waals surface area (Å²) in [7, 11) is -2.71. The van der Waals surface area contributed by atoms with Gasteiger partial charge >= 0.3 is 5.97 Å². The molecule has 13 nitrogen and oxygen atoms in total. The normalized spacial score (nSPS) is 37.5. The van der Waals surface area contributed by atoms with Gasteiger partial charge in [0.15, 0.2) is 30.7 Å². The van der Waals surface area contributed by atoms with Gasteiger partial charge in [-0.15, -0.1) is 6.58 Å².